The van der Waals surface area contributed by atoms with E-state index in [0.717, 1.165) is 37.3 Å². The highest BCUT2D eigenvalue weighted by atomic mass is 32.2. The second-order valence-electron chi connectivity index (χ2n) is 5.75. The molecule has 3 rings (SSSR count). The predicted molar refractivity (Wildman–Crippen MR) is 92.6 cm³/mol. The van der Waals surface area contributed by atoms with E-state index in [9.17, 15) is 8.42 Å². The third-order valence-electron chi connectivity index (χ3n) is 4.00. The van der Waals surface area contributed by atoms with Crippen molar-refractivity contribution in [3.05, 3.63) is 54.5 Å². The van der Waals surface area contributed by atoms with Gasteiger partial charge in [0.05, 0.1) is 6.20 Å². The van der Waals surface area contributed by atoms with Gasteiger partial charge in [-0.05, 0) is 18.4 Å². The van der Waals surface area contributed by atoms with E-state index in [1.54, 1.807) is 18.6 Å². The monoisotopic (exact) mass is 347 g/mol. The first-order valence-electron chi connectivity index (χ1n) is 7.94. The number of anilines is 1. The average Bonchev–Trinajstić information content (AvgIpc) is 2.62. The van der Waals surface area contributed by atoms with E-state index < -0.39 is 10.2 Å². The van der Waals surface area contributed by atoms with Gasteiger partial charge in [0.2, 0.25) is 0 Å². The topological polar surface area (TPSA) is 87.2 Å². The van der Waals surface area contributed by atoms with Crippen molar-refractivity contribution in [1.29, 1.82) is 0 Å². The molecule has 0 bridgehead atoms. The van der Waals surface area contributed by atoms with Gasteiger partial charge in [0.1, 0.15) is 5.82 Å². The van der Waals surface area contributed by atoms with Gasteiger partial charge in [-0.25, -0.2) is 4.98 Å². The second-order valence-corrected chi connectivity index (χ2v) is 7.28. The zero-order valence-corrected chi connectivity index (χ0v) is 14.1. The Kier molecular flexibility index (Phi) is 5.39. The Morgan fingerprint density at radius 2 is 1.88 bits per heavy atom. The number of hydrogen-bond donors (Lipinski definition) is 2. The minimum atomic E-state index is -3.51. The van der Waals surface area contributed by atoms with Gasteiger partial charge in [0.25, 0.3) is 10.2 Å². The molecule has 1 aliphatic heterocycles. The summed E-state index contributed by atoms with van der Waals surface area (Å²) in [5.41, 5.74) is 0.931. The highest BCUT2D eigenvalue weighted by Crippen LogP contribution is 2.16. The maximum absolute atomic E-state index is 12.2. The first-order valence-corrected chi connectivity index (χ1v) is 9.42. The lowest BCUT2D eigenvalue weighted by atomic mass is 10.1. The fourth-order valence-electron chi connectivity index (χ4n) is 2.72. The Bertz CT molecular complexity index is 732. The van der Waals surface area contributed by atoms with Gasteiger partial charge < -0.3 is 4.90 Å². The molecule has 0 aliphatic carbocycles. The minimum absolute atomic E-state index is 0.0637. The second kappa shape index (κ2) is 7.69. The van der Waals surface area contributed by atoms with E-state index >= 15 is 0 Å². The third-order valence-corrected chi connectivity index (χ3v) is 5.17. The van der Waals surface area contributed by atoms with E-state index in [-0.39, 0.29) is 12.6 Å². The molecule has 1 aromatic heterocycles. The van der Waals surface area contributed by atoms with Crippen LogP contribution in [0.1, 0.15) is 18.4 Å². The van der Waals surface area contributed by atoms with Crippen LogP contribution in [0.15, 0.2) is 48.9 Å². The smallest absolute Gasteiger partial charge is 0.277 e. The van der Waals surface area contributed by atoms with E-state index in [1.807, 2.05) is 30.3 Å². The molecule has 0 unspecified atom stereocenters. The number of hydrogen-bond acceptors (Lipinski definition) is 5. The van der Waals surface area contributed by atoms with Crippen molar-refractivity contribution in [1.82, 2.24) is 19.4 Å². The van der Waals surface area contributed by atoms with E-state index in [0.29, 0.717) is 0 Å². The van der Waals surface area contributed by atoms with Crippen molar-refractivity contribution in [2.45, 2.75) is 25.4 Å². The number of aromatic nitrogens is 2. The summed E-state index contributed by atoms with van der Waals surface area (Å²) in [5, 5.41) is 0. The van der Waals surface area contributed by atoms with Gasteiger partial charge in [-0.1, -0.05) is 30.3 Å². The first-order chi connectivity index (χ1) is 11.6. The summed E-state index contributed by atoms with van der Waals surface area (Å²) >= 11 is 0. The normalized spacial score (nSPS) is 16.2. The van der Waals surface area contributed by atoms with Crippen LogP contribution in [-0.2, 0) is 16.8 Å². The number of piperidine rings is 1. The van der Waals surface area contributed by atoms with Gasteiger partial charge in [-0.15, -0.1) is 0 Å². The van der Waals surface area contributed by atoms with Crippen molar-refractivity contribution >= 4 is 16.0 Å². The maximum Gasteiger partial charge on any atom is 0.277 e. The molecule has 0 spiro atoms. The van der Waals surface area contributed by atoms with Crippen LogP contribution in [-0.4, -0.2) is 37.5 Å². The Hall–Kier alpha value is -2.03. The van der Waals surface area contributed by atoms with Crippen LogP contribution in [0.4, 0.5) is 5.82 Å². The number of rotatable bonds is 6. The number of benzene rings is 1. The lowest BCUT2D eigenvalue weighted by Gasteiger charge is -2.32. The summed E-state index contributed by atoms with van der Waals surface area (Å²) in [5.74, 6) is 0.834. The van der Waals surface area contributed by atoms with Gasteiger partial charge >= 0.3 is 0 Å². The fraction of sp³-hybridized carbons (Fsp3) is 0.375. The Labute approximate surface area is 142 Å². The van der Waals surface area contributed by atoms with E-state index in [2.05, 4.69) is 24.3 Å². The molecule has 1 aliphatic rings. The molecule has 8 heteroatoms. The summed E-state index contributed by atoms with van der Waals surface area (Å²) < 4.78 is 29.7. The van der Waals surface area contributed by atoms with Crippen molar-refractivity contribution in [3.63, 3.8) is 0 Å². The molecule has 7 nitrogen and oxygen atoms in total. The van der Waals surface area contributed by atoms with Crippen LogP contribution in [0, 0.1) is 0 Å². The molecule has 128 valence electrons. The van der Waals surface area contributed by atoms with Crippen molar-refractivity contribution in [2.24, 2.45) is 0 Å². The molecule has 1 aromatic carbocycles. The Morgan fingerprint density at radius 1 is 1.12 bits per heavy atom. The Morgan fingerprint density at radius 3 is 2.54 bits per heavy atom. The molecule has 0 radical (unpaired) electrons. The van der Waals surface area contributed by atoms with Gasteiger partial charge in [0.15, 0.2) is 0 Å². The van der Waals surface area contributed by atoms with Crippen molar-refractivity contribution < 1.29 is 8.42 Å². The molecule has 0 atom stereocenters. The van der Waals surface area contributed by atoms with Gasteiger partial charge in [0, 0.05) is 38.1 Å². The minimum Gasteiger partial charge on any atom is -0.355 e. The third kappa shape index (κ3) is 4.73. The van der Waals surface area contributed by atoms with Crippen LogP contribution in [0.2, 0.25) is 0 Å². The molecule has 2 aromatic rings. The number of nitrogens with one attached hydrogen (secondary N) is 2. The number of nitrogens with zero attached hydrogens (tertiary/aromatic N) is 3. The van der Waals surface area contributed by atoms with Crippen molar-refractivity contribution in [3.8, 4) is 0 Å². The van der Waals surface area contributed by atoms with Crippen molar-refractivity contribution in [2.75, 3.05) is 18.0 Å². The quantitative estimate of drug-likeness (QED) is 0.816. The molecular formula is C16H21N5O2S. The molecular weight excluding hydrogens is 326 g/mol. The maximum atomic E-state index is 12.2. The average molecular weight is 347 g/mol. The summed E-state index contributed by atoms with van der Waals surface area (Å²) in [6.07, 6.45) is 6.51. The molecule has 0 saturated carbocycles. The molecule has 1 fully saturated rings. The van der Waals surface area contributed by atoms with E-state index in [4.69, 9.17) is 0 Å². The molecule has 1 saturated heterocycles. The van der Waals surface area contributed by atoms with Crippen LogP contribution in [0.25, 0.3) is 0 Å². The zero-order valence-electron chi connectivity index (χ0n) is 13.3. The van der Waals surface area contributed by atoms with Crippen LogP contribution in [0.5, 0.6) is 0 Å². The van der Waals surface area contributed by atoms with E-state index in [1.165, 1.54) is 0 Å². The molecule has 2 heterocycles. The highest BCUT2D eigenvalue weighted by molar-refractivity contribution is 7.87. The van der Waals surface area contributed by atoms with Crippen LogP contribution in [0.3, 0.4) is 0 Å². The summed E-state index contributed by atoms with van der Waals surface area (Å²) in [6.45, 7) is 1.80. The first kappa shape index (κ1) is 16.8. The summed E-state index contributed by atoms with van der Waals surface area (Å²) in [4.78, 5) is 10.5. The van der Waals surface area contributed by atoms with Crippen LogP contribution < -0.4 is 14.3 Å². The lowest BCUT2D eigenvalue weighted by Crippen LogP contribution is -2.48. The zero-order chi connectivity index (χ0) is 16.8. The largest absolute Gasteiger partial charge is 0.355 e. The van der Waals surface area contributed by atoms with Gasteiger partial charge in [-0.3, -0.25) is 4.98 Å². The standard InChI is InChI=1S/C16H21N5O2S/c22-24(23,19-12-14-4-2-1-3-5-14)20-15-6-10-21(11-7-15)16-13-17-8-9-18-16/h1-5,8-9,13,15,19-20H,6-7,10-12H2. The molecule has 24 heavy (non-hydrogen) atoms. The molecule has 2 N–H and O–H groups in total. The SMILES string of the molecule is O=S(=O)(NCc1ccccc1)NC1CCN(c2cnccn2)CC1. The van der Waals surface area contributed by atoms with Gasteiger partial charge in [-0.2, -0.15) is 17.9 Å². The van der Waals surface area contributed by atoms with Crippen LogP contribution >= 0.6 is 0 Å². The lowest BCUT2D eigenvalue weighted by molar-refractivity contribution is 0.454. The fourth-order valence-corrected chi connectivity index (χ4v) is 3.83. The Balaban J connectivity index is 1.48. The predicted octanol–water partition coefficient (Wildman–Crippen LogP) is 1.07. The summed E-state index contributed by atoms with van der Waals surface area (Å²) in [7, 11) is -3.51. The highest BCUT2D eigenvalue weighted by Gasteiger charge is 2.24. The molecule has 0 amide bonds. The summed E-state index contributed by atoms with van der Waals surface area (Å²) in [6, 6.07) is 9.40.